The van der Waals surface area contributed by atoms with Crippen LogP contribution in [0.5, 0.6) is 0 Å². The fraction of sp³-hybridized carbons (Fsp3) is 1.00. The van der Waals surface area contributed by atoms with Crippen LogP contribution in [0.1, 0.15) is 26.2 Å². The van der Waals surface area contributed by atoms with Gasteiger partial charge in [-0.1, -0.05) is 12.1 Å². The molecule has 0 saturated carbocycles. The molecule has 0 amide bonds. The summed E-state index contributed by atoms with van der Waals surface area (Å²) in [4.78, 5) is 13.0. The molecule has 4 unspecified atom stereocenters. The number of fused-ring (bicyclic) bond motifs is 2. The fourth-order valence-corrected chi connectivity index (χ4v) is 2.85. The quantitative estimate of drug-likeness (QED) is 0.557. The number of hydrogen-bond donors (Lipinski definition) is 0. The van der Waals surface area contributed by atoms with Crippen molar-refractivity contribution in [2.45, 2.75) is 44.3 Å². The van der Waals surface area contributed by atoms with Crippen molar-refractivity contribution >= 4 is 0 Å². The highest BCUT2D eigenvalue weighted by Crippen LogP contribution is 2.38. The van der Waals surface area contributed by atoms with E-state index in [1.54, 1.807) is 0 Å². The summed E-state index contributed by atoms with van der Waals surface area (Å²) in [5.41, 5.74) is 0. The van der Waals surface area contributed by atoms with Crippen LogP contribution in [0, 0.1) is 10.8 Å². The van der Waals surface area contributed by atoms with Gasteiger partial charge in [-0.05, 0) is 32.2 Å². The first kappa shape index (κ1) is 8.17. The summed E-state index contributed by atoms with van der Waals surface area (Å²) >= 11 is 0. The first-order valence-corrected chi connectivity index (χ1v) is 4.78. The second-order valence-corrected chi connectivity index (χ2v) is 4.23. The molecule has 2 fully saturated rings. The smallest absolute Gasteiger partial charge is 0.0974 e. The van der Waals surface area contributed by atoms with Crippen molar-refractivity contribution in [1.29, 1.82) is 0 Å². The summed E-state index contributed by atoms with van der Waals surface area (Å²) in [5.74, 6) is 0.464. The largest absolute Gasteiger partial charge is 0.300 e. The van der Waals surface area contributed by atoms with Crippen LogP contribution in [-0.4, -0.2) is 30.1 Å². The van der Waals surface area contributed by atoms with Gasteiger partial charge in [0.25, 0.3) is 0 Å². The van der Waals surface area contributed by atoms with E-state index in [2.05, 4.69) is 24.0 Å². The van der Waals surface area contributed by atoms with E-state index in [4.69, 9.17) is 0 Å². The molecule has 2 aliphatic heterocycles. The lowest BCUT2D eigenvalue weighted by atomic mass is 9.88. The Morgan fingerprint density at radius 3 is 2.83 bits per heavy atom. The maximum absolute atomic E-state index is 10.5. The SMILES string of the molecule is CC1C(N=O)CC2CCC1N2C. The predicted octanol–water partition coefficient (Wildman–Crippen LogP) is 1.62. The van der Waals surface area contributed by atoms with Crippen LogP contribution in [0.25, 0.3) is 0 Å². The maximum atomic E-state index is 10.5. The molecule has 0 aromatic heterocycles. The Bertz CT molecular complexity index is 195. The van der Waals surface area contributed by atoms with Crippen molar-refractivity contribution in [3.8, 4) is 0 Å². The molecular weight excluding hydrogens is 152 g/mol. The summed E-state index contributed by atoms with van der Waals surface area (Å²) in [7, 11) is 2.18. The molecule has 0 aromatic carbocycles. The van der Waals surface area contributed by atoms with Crippen molar-refractivity contribution in [3.63, 3.8) is 0 Å². The molecule has 68 valence electrons. The van der Waals surface area contributed by atoms with Gasteiger partial charge >= 0.3 is 0 Å². The highest BCUT2D eigenvalue weighted by atomic mass is 16.3. The second-order valence-electron chi connectivity index (χ2n) is 4.23. The number of nitroso groups, excluding NO2 is 1. The molecular formula is C9H16N2O. The monoisotopic (exact) mass is 168 g/mol. The van der Waals surface area contributed by atoms with Crippen LogP contribution in [0.15, 0.2) is 5.18 Å². The molecule has 0 aliphatic carbocycles. The van der Waals surface area contributed by atoms with Gasteiger partial charge < -0.3 is 4.90 Å². The third-order valence-corrected chi connectivity index (χ3v) is 3.76. The normalized spacial score (nSPS) is 47.8. The zero-order chi connectivity index (χ0) is 8.72. The van der Waals surface area contributed by atoms with Crippen LogP contribution in [0.4, 0.5) is 0 Å². The van der Waals surface area contributed by atoms with Gasteiger partial charge in [-0.3, -0.25) is 0 Å². The summed E-state index contributed by atoms with van der Waals surface area (Å²) < 4.78 is 0. The minimum absolute atomic E-state index is 0.0821. The first-order valence-electron chi connectivity index (χ1n) is 4.78. The lowest BCUT2D eigenvalue weighted by Crippen LogP contribution is -2.47. The lowest BCUT2D eigenvalue weighted by Gasteiger charge is -2.38. The minimum Gasteiger partial charge on any atom is -0.300 e. The third-order valence-electron chi connectivity index (χ3n) is 3.76. The summed E-state index contributed by atoms with van der Waals surface area (Å²) in [6.45, 7) is 2.16. The van der Waals surface area contributed by atoms with Crippen molar-refractivity contribution in [3.05, 3.63) is 4.91 Å². The van der Waals surface area contributed by atoms with Crippen LogP contribution < -0.4 is 0 Å². The van der Waals surface area contributed by atoms with Gasteiger partial charge in [-0.2, -0.15) is 4.91 Å². The highest BCUT2D eigenvalue weighted by Gasteiger charge is 2.43. The molecule has 0 N–H and O–H groups in total. The van der Waals surface area contributed by atoms with E-state index in [1.165, 1.54) is 12.8 Å². The molecule has 2 rings (SSSR count). The molecule has 2 saturated heterocycles. The van der Waals surface area contributed by atoms with Crippen LogP contribution in [-0.2, 0) is 0 Å². The van der Waals surface area contributed by atoms with Gasteiger partial charge in [-0.25, -0.2) is 0 Å². The van der Waals surface area contributed by atoms with Gasteiger partial charge in [0, 0.05) is 12.1 Å². The molecule has 3 nitrogen and oxygen atoms in total. The summed E-state index contributed by atoms with van der Waals surface area (Å²) in [6.07, 6.45) is 3.50. The maximum Gasteiger partial charge on any atom is 0.0974 e. The van der Waals surface area contributed by atoms with Crippen LogP contribution >= 0.6 is 0 Å². The Labute approximate surface area is 73.1 Å². The van der Waals surface area contributed by atoms with Gasteiger partial charge in [0.2, 0.25) is 0 Å². The molecule has 12 heavy (non-hydrogen) atoms. The Morgan fingerprint density at radius 1 is 1.42 bits per heavy atom. The van der Waals surface area contributed by atoms with E-state index >= 15 is 0 Å². The van der Waals surface area contributed by atoms with E-state index < -0.39 is 0 Å². The molecule has 4 atom stereocenters. The number of piperidine rings is 1. The molecule has 2 bridgehead atoms. The van der Waals surface area contributed by atoms with E-state index in [9.17, 15) is 4.91 Å². The van der Waals surface area contributed by atoms with Crippen molar-refractivity contribution in [2.24, 2.45) is 11.1 Å². The fourth-order valence-electron chi connectivity index (χ4n) is 2.85. The van der Waals surface area contributed by atoms with E-state index in [0.717, 1.165) is 6.42 Å². The minimum atomic E-state index is 0.0821. The zero-order valence-electron chi connectivity index (χ0n) is 7.73. The topological polar surface area (TPSA) is 32.7 Å². The van der Waals surface area contributed by atoms with E-state index in [-0.39, 0.29) is 6.04 Å². The Hall–Kier alpha value is -0.440. The molecule has 0 aromatic rings. The second kappa shape index (κ2) is 2.80. The predicted molar refractivity (Wildman–Crippen MR) is 47.9 cm³/mol. The van der Waals surface area contributed by atoms with E-state index in [1.807, 2.05) is 0 Å². The Morgan fingerprint density at radius 2 is 2.17 bits per heavy atom. The van der Waals surface area contributed by atoms with Gasteiger partial charge in [0.05, 0.1) is 6.04 Å². The summed E-state index contributed by atoms with van der Waals surface area (Å²) in [5, 5.41) is 3.23. The standard InChI is InChI=1S/C9H16N2O/c1-6-8(10-12)5-7-3-4-9(6)11(7)2/h6-9H,3-5H2,1-2H3. The Kier molecular flexibility index (Phi) is 1.91. The van der Waals surface area contributed by atoms with Gasteiger partial charge in [0.15, 0.2) is 0 Å². The summed E-state index contributed by atoms with van der Waals surface area (Å²) in [6, 6.07) is 1.33. The van der Waals surface area contributed by atoms with Crippen LogP contribution in [0.3, 0.4) is 0 Å². The average Bonchev–Trinajstić information content (AvgIpc) is 2.31. The van der Waals surface area contributed by atoms with Gasteiger partial charge in [-0.15, -0.1) is 0 Å². The molecule has 0 radical (unpaired) electrons. The molecule has 0 spiro atoms. The number of hydrogen-bond acceptors (Lipinski definition) is 3. The molecule has 2 heterocycles. The average molecular weight is 168 g/mol. The first-order chi connectivity index (χ1) is 5.74. The van der Waals surface area contributed by atoms with Crippen LogP contribution in [0.2, 0.25) is 0 Å². The number of nitrogens with zero attached hydrogens (tertiary/aromatic N) is 2. The molecule has 2 aliphatic rings. The van der Waals surface area contributed by atoms with Gasteiger partial charge in [0.1, 0.15) is 0 Å². The third kappa shape index (κ3) is 0.993. The number of rotatable bonds is 1. The van der Waals surface area contributed by atoms with E-state index in [0.29, 0.717) is 18.0 Å². The highest BCUT2D eigenvalue weighted by molar-refractivity contribution is 4.99. The van der Waals surface area contributed by atoms with Crippen molar-refractivity contribution in [2.75, 3.05) is 7.05 Å². The Balaban J connectivity index is 2.17. The lowest BCUT2D eigenvalue weighted by molar-refractivity contribution is 0.112. The zero-order valence-corrected chi connectivity index (χ0v) is 7.73. The van der Waals surface area contributed by atoms with Crippen molar-refractivity contribution < 1.29 is 0 Å². The van der Waals surface area contributed by atoms with Crippen molar-refractivity contribution in [1.82, 2.24) is 4.90 Å². The molecule has 3 heteroatoms.